The van der Waals surface area contributed by atoms with Gasteiger partial charge < -0.3 is 4.42 Å². The summed E-state index contributed by atoms with van der Waals surface area (Å²) in [5, 5.41) is 14.6. The molecule has 0 aliphatic heterocycles. The first-order valence-electron chi connectivity index (χ1n) is 4.34. The molecular formula is C9H7N3O4. The summed E-state index contributed by atoms with van der Waals surface area (Å²) in [6.07, 6.45) is 3.24. The largest absolute Gasteiger partial charge is 0.455 e. The van der Waals surface area contributed by atoms with E-state index in [4.69, 9.17) is 4.42 Å². The van der Waals surface area contributed by atoms with Crippen molar-refractivity contribution in [1.29, 1.82) is 0 Å². The van der Waals surface area contributed by atoms with Gasteiger partial charge >= 0.3 is 5.69 Å². The van der Waals surface area contributed by atoms with Gasteiger partial charge in [0.05, 0.1) is 22.8 Å². The van der Waals surface area contributed by atoms with Gasteiger partial charge in [0, 0.05) is 13.2 Å². The molecule has 82 valence electrons. The maximum Gasteiger partial charge on any atom is 0.316 e. The third kappa shape index (κ3) is 1.48. The van der Waals surface area contributed by atoms with Crippen LogP contribution in [0.2, 0.25) is 0 Å². The van der Waals surface area contributed by atoms with Crippen molar-refractivity contribution >= 4 is 12.0 Å². The van der Waals surface area contributed by atoms with Crippen molar-refractivity contribution in [1.82, 2.24) is 9.78 Å². The van der Waals surface area contributed by atoms with E-state index in [0.717, 1.165) is 0 Å². The number of rotatable bonds is 3. The molecule has 0 amide bonds. The number of carbonyl (C=O) groups excluding carboxylic acids is 1. The Hall–Kier alpha value is -2.44. The van der Waals surface area contributed by atoms with Crippen molar-refractivity contribution in [2.24, 2.45) is 7.05 Å². The van der Waals surface area contributed by atoms with Crippen LogP contribution < -0.4 is 0 Å². The summed E-state index contributed by atoms with van der Waals surface area (Å²) in [6, 6.07) is 1.22. The molecule has 0 saturated carbocycles. The molecule has 0 radical (unpaired) electrons. The van der Waals surface area contributed by atoms with Gasteiger partial charge in [0.1, 0.15) is 5.69 Å². The first-order chi connectivity index (χ1) is 7.63. The van der Waals surface area contributed by atoms with Crippen molar-refractivity contribution in [3.63, 3.8) is 0 Å². The molecule has 0 N–H and O–H groups in total. The number of furan rings is 1. The van der Waals surface area contributed by atoms with Gasteiger partial charge in [-0.3, -0.25) is 19.6 Å². The summed E-state index contributed by atoms with van der Waals surface area (Å²) in [5.74, 6) is -0.00676. The fourth-order valence-corrected chi connectivity index (χ4v) is 1.39. The van der Waals surface area contributed by atoms with Crippen LogP contribution in [0.1, 0.15) is 10.4 Å². The number of nitro groups is 1. The summed E-state index contributed by atoms with van der Waals surface area (Å²) in [7, 11) is 1.62. The van der Waals surface area contributed by atoms with Gasteiger partial charge in [-0.25, -0.2) is 0 Å². The lowest BCUT2D eigenvalue weighted by Crippen LogP contribution is -1.91. The molecule has 0 aromatic carbocycles. The SMILES string of the molecule is Cn1cc(C=O)c(-c2occc2[N+](=O)[O-])n1. The van der Waals surface area contributed by atoms with Crippen LogP contribution in [-0.4, -0.2) is 21.0 Å². The Kier molecular flexibility index (Phi) is 2.28. The van der Waals surface area contributed by atoms with Gasteiger partial charge in [-0.1, -0.05) is 0 Å². The van der Waals surface area contributed by atoms with Crippen molar-refractivity contribution in [2.45, 2.75) is 0 Å². The highest BCUT2D eigenvalue weighted by molar-refractivity contribution is 5.86. The number of aldehydes is 1. The standard InChI is InChI=1S/C9H7N3O4/c1-11-4-6(5-13)8(10-11)9-7(12(14)15)2-3-16-9/h2-5H,1H3. The molecule has 16 heavy (non-hydrogen) atoms. The topological polar surface area (TPSA) is 91.2 Å². The van der Waals surface area contributed by atoms with Gasteiger partial charge in [-0.15, -0.1) is 0 Å². The van der Waals surface area contributed by atoms with E-state index in [1.807, 2.05) is 0 Å². The Morgan fingerprint density at radius 2 is 2.38 bits per heavy atom. The summed E-state index contributed by atoms with van der Waals surface area (Å²) >= 11 is 0. The molecule has 0 aliphatic carbocycles. The van der Waals surface area contributed by atoms with E-state index in [1.165, 1.54) is 23.2 Å². The Morgan fingerprint density at radius 1 is 1.62 bits per heavy atom. The van der Waals surface area contributed by atoms with Crippen molar-refractivity contribution in [3.8, 4) is 11.5 Å². The predicted octanol–water partition coefficient (Wildman–Crippen LogP) is 1.40. The van der Waals surface area contributed by atoms with Crippen LogP contribution in [0.3, 0.4) is 0 Å². The predicted molar refractivity (Wildman–Crippen MR) is 53.0 cm³/mol. The molecule has 0 atom stereocenters. The van der Waals surface area contributed by atoms with Crippen LogP contribution in [0.5, 0.6) is 0 Å². The Morgan fingerprint density at radius 3 is 3.00 bits per heavy atom. The van der Waals surface area contributed by atoms with Crippen molar-refractivity contribution in [3.05, 3.63) is 34.2 Å². The highest BCUT2D eigenvalue weighted by Gasteiger charge is 2.23. The average Bonchev–Trinajstić information content (AvgIpc) is 2.82. The molecule has 0 unspecified atom stereocenters. The Bertz CT molecular complexity index is 555. The van der Waals surface area contributed by atoms with Gasteiger partial charge in [0.25, 0.3) is 0 Å². The van der Waals surface area contributed by atoms with Gasteiger partial charge in [0.2, 0.25) is 5.76 Å². The minimum atomic E-state index is -0.581. The smallest absolute Gasteiger partial charge is 0.316 e. The van der Waals surface area contributed by atoms with Gasteiger partial charge in [-0.05, 0) is 0 Å². The number of carbonyl (C=O) groups is 1. The van der Waals surface area contributed by atoms with E-state index in [2.05, 4.69) is 5.10 Å². The number of aromatic nitrogens is 2. The molecule has 7 heteroatoms. The van der Waals surface area contributed by atoms with E-state index in [0.29, 0.717) is 6.29 Å². The summed E-state index contributed by atoms with van der Waals surface area (Å²) in [6.45, 7) is 0. The van der Waals surface area contributed by atoms with E-state index in [1.54, 1.807) is 7.05 Å². The molecule has 2 aromatic rings. The van der Waals surface area contributed by atoms with Crippen molar-refractivity contribution < 1.29 is 14.1 Å². The van der Waals surface area contributed by atoms with E-state index >= 15 is 0 Å². The third-order valence-corrected chi connectivity index (χ3v) is 2.04. The zero-order valence-electron chi connectivity index (χ0n) is 8.28. The minimum absolute atomic E-state index is 0.00676. The average molecular weight is 221 g/mol. The third-order valence-electron chi connectivity index (χ3n) is 2.04. The summed E-state index contributed by atoms with van der Waals surface area (Å²) in [5.41, 5.74) is 0.219. The molecular weight excluding hydrogens is 214 g/mol. The molecule has 0 saturated heterocycles. The van der Waals surface area contributed by atoms with Crippen LogP contribution in [0.25, 0.3) is 11.5 Å². The quantitative estimate of drug-likeness (QED) is 0.443. The fourth-order valence-electron chi connectivity index (χ4n) is 1.39. The van der Waals surface area contributed by atoms with E-state index < -0.39 is 4.92 Å². The van der Waals surface area contributed by atoms with Crippen molar-refractivity contribution in [2.75, 3.05) is 0 Å². The van der Waals surface area contributed by atoms with Crippen LogP contribution >= 0.6 is 0 Å². The highest BCUT2D eigenvalue weighted by Crippen LogP contribution is 2.31. The molecule has 0 bridgehead atoms. The molecule has 2 heterocycles. The fraction of sp³-hybridized carbons (Fsp3) is 0.111. The lowest BCUT2D eigenvalue weighted by Gasteiger charge is -1.92. The van der Waals surface area contributed by atoms with Gasteiger partial charge in [0.15, 0.2) is 6.29 Å². The van der Waals surface area contributed by atoms with Gasteiger partial charge in [-0.2, -0.15) is 5.10 Å². The number of hydrogen-bond donors (Lipinski definition) is 0. The molecule has 2 rings (SSSR count). The second-order valence-corrected chi connectivity index (χ2v) is 3.12. The maximum atomic E-state index is 10.8. The highest BCUT2D eigenvalue weighted by atomic mass is 16.6. The zero-order valence-corrected chi connectivity index (χ0v) is 8.28. The normalized spacial score (nSPS) is 10.3. The molecule has 0 aliphatic rings. The van der Waals surface area contributed by atoms with E-state index in [9.17, 15) is 14.9 Å². The summed E-state index contributed by atoms with van der Waals surface area (Å²) in [4.78, 5) is 20.9. The van der Waals surface area contributed by atoms with E-state index in [-0.39, 0.29) is 22.7 Å². The summed E-state index contributed by atoms with van der Waals surface area (Å²) < 4.78 is 6.39. The monoisotopic (exact) mass is 221 g/mol. The second-order valence-electron chi connectivity index (χ2n) is 3.12. The van der Waals surface area contributed by atoms with Crippen LogP contribution in [-0.2, 0) is 7.05 Å². The number of aryl methyl sites for hydroxylation is 1. The Labute approximate surface area is 89.4 Å². The first kappa shape index (κ1) is 10.1. The first-order valence-corrected chi connectivity index (χ1v) is 4.34. The van der Waals surface area contributed by atoms with Crippen LogP contribution in [0.4, 0.5) is 5.69 Å². The minimum Gasteiger partial charge on any atom is -0.455 e. The molecule has 7 nitrogen and oxygen atoms in total. The molecule has 0 fully saturated rings. The molecule has 2 aromatic heterocycles. The Balaban J connectivity index is 2.62. The van der Waals surface area contributed by atoms with Crippen LogP contribution in [0, 0.1) is 10.1 Å². The maximum absolute atomic E-state index is 10.8. The zero-order chi connectivity index (χ0) is 11.7. The number of hydrogen-bond acceptors (Lipinski definition) is 5. The lowest BCUT2D eigenvalue weighted by molar-refractivity contribution is -0.384. The van der Waals surface area contributed by atoms with Crippen LogP contribution in [0.15, 0.2) is 22.9 Å². The second kappa shape index (κ2) is 3.61. The lowest BCUT2D eigenvalue weighted by atomic mass is 10.2. The molecule has 0 spiro atoms. The number of nitrogens with zero attached hydrogens (tertiary/aromatic N) is 3.